The van der Waals surface area contributed by atoms with E-state index in [-0.39, 0.29) is 30.8 Å². The van der Waals surface area contributed by atoms with Crippen molar-refractivity contribution in [3.8, 4) is 0 Å². The molecule has 0 bridgehead atoms. The summed E-state index contributed by atoms with van der Waals surface area (Å²) in [5.74, 6) is -0.148. The van der Waals surface area contributed by atoms with Gasteiger partial charge in [0.25, 0.3) is 0 Å². The van der Waals surface area contributed by atoms with Crippen molar-refractivity contribution >= 4 is 24.0 Å². The fraction of sp³-hybridized carbons (Fsp3) is 0.885. The van der Waals surface area contributed by atoms with Crippen molar-refractivity contribution in [2.24, 2.45) is 5.92 Å². The summed E-state index contributed by atoms with van der Waals surface area (Å²) in [5.41, 5.74) is -0.0768. The smallest absolute Gasteiger partial charge is 0.407 e. The van der Waals surface area contributed by atoms with Crippen LogP contribution in [0.4, 0.5) is 4.79 Å². The molecule has 0 aliphatic rings. The number of ether oxygens (including phenoxy) is 4. The zero-order valence-corrected chi connectivity index (χ0v) is 41.5. The van der Waals surface area contributed by atoms with Gasteiger partial charge in [-0.1, -0.05) is 156 Å². The summed E-state index contributed by atoms with van der Waals surface area (Å²) in [4.78, 5) is 49.0. The number of esters is 3. The van der Waals surface area contributed by atoms with E-state index in [2.05, 4.69) is 51.8 Å². The van der Waals surface area contributed by atoms with Gasteiger partial charge in [0.05, 0.1) is 6.61 Å². The van der Waals surface area contributed by atoms with Crippen molar-refractivity contribution in [1.82, 2.24) is 10.6 Å². The van der Waals surface area contributed by atoms with Crippen LogP contribution in [0.25, 0.3) is 0 Å². The monoisotopic (exact) mass is 879 g/mol. The summed E-state index contributed by atoms with van der Waals surface area (Å²) in [7, 11) is 0. The third kappa shape index (κ3) is 36.8. The lowest BCUT2D eigenvalue weighted by Gasteiger charge is -2.34. The Balaban J connectivity index is 4.35. The highest BCUT2D eigenvalue weighted by Crippen LogP contribution is 2.32. The topological polar surface area (TPSA) is 129 Å². The minimum Gasteiger partial charge on any atom is -0.462 e. The average Bonchev–Trinajstić information content (AvgIpc) is 3.22. The van der Waals surface area contributed by atoms with Gasteiger partial charge in [-0.25, -0.2) is 9.59 Å². The van der Waals surface area contributed by atoms with E-state index in [9.17, 15) is 19.2 Å². The first kappa shape index (κ1) is 59.4. The van der Waals surface area contributed by atoms with E-state index in [0.29, 0.717) is 43.8 Å². The van der Waals surface area contributed by atoms with Gasteiger partial charge in [0.15, 0.2) is 0 Å². The Bertz CT molecular complexity index is 1130. The van der Waals surface area contributed by atoms with Crippen LogP contribution in [0.2, 0.25) is 0 Å². The summed E-state index contributed by atoms with van der Waals surface area (Å²) in [6, 6.07) is 0. The van der Waals surface area contributed by atoms with Crippen LogP contribution >= 0.6 is 0 Å². The zero-order chi connectivity index (χ0) is 46.1. The molecule has 62 heavy (non-hydrogen) atoms. The molecular formula is C52H98N2O8. The van der Waals surface area contributed by atoms with Crippen molar-refractivity contribution in [2.75, 3.05) is 26.2 Å². The van der Waals surface area contributed by atoms with E-state index >= 15 is 0 Å². The van der Waals surface area contributed by atoms with Crippen LogP contribution in [-0.2, 0) is 33.3 Å². The zero-order valence-electron chi connectivity index (χ0n) is 41.5. The van der Waals surface area contributed by atoms with Crippen molar-refractivity contribution in [3.05, 3.63) is 12.2 Å². The maximum atomic E-state index is 13.0. The summed E-state index contributed by atoms with van der Waals surface area (Å²) in [6.45, 7) is 20.1. The Labute approximate surface area is 381 Å². The van der Waals surface area contributed by atoms with E-state index in [4.69, 9.17) is 18.9 Å². The molecule has 0 fully saturated rings. The fourth-order valence-corrected chi connectivity index (χ4v) is 7.98. The van der Waals surface area contributed by atoms with E-state index in [1.54, 1.807) is 6.92 Å². The number of unbranched alkanes of at least 4 members (excludes halogenated alkanes) is 20. The van der Waals surface area contributed by atoms with Crippen molar-refractivity contribution in [1.29, 1.82) is 0 Å². The largest absolute Gasteiger partial charge is 0.462 e. The maximum Gasteiger partial charge on any atom is 0.407 e. The number of likely N-dealkylation sites (N-methyl/N-ethyl adjacent to an activating group) is 1. The van der Waals surface area contributed by atoms with Crippen LogP contribution < -0.4 is 10.6 Å². The lowest BCUT2D eigenvalue weighted by molar-refractivity contribution is -0.162. The van der Waals surface area contributed by atoms with Crippen molar-refractivity contribution < 1.29 is 38.1 Å². The molecule has 0 radical (unpaired) electrons. The molecular weight excluding hydrogens is 781 g/mol. The second kappa shape index (κ2) is 41.1. The van der Waals surface area contributed by atoms with Crippen molar-refractivity contribution in [2.45, 2.75) is 265 Å². The van der Waals surface area contributed by atoms with E-state index in [1.807, 2.05) is 6.92 Å². The molecule has 3 unspecified atom stereocenters. The first-order chi connectivity index (χ1) is 29.9. The van der Waals surface area contributed by atoms with Gasteiger partial charge in [-0.15, -0.1) is 0 Å². The SMILES string of the molecule is C=C(C)C(=O)OCCCNC(=O)OC(CCCCCC)CCCCCCCCCCC(=O)OC(C)(C)C(CCCCCC)CCCCCCCCCCC(=O)OC(C)CNCC. The first-order valence-electron chi connectivity index (χ1n) is 25.7. The van der Waals surface area contributed by atoms with Crippen LogP contribution in [0.15, 0.2) is 12.2 Å². The fourth-order valence-electron chi connectivity index (χ4n) is 7.98. The lowest BCUT2D eigenvalue weighted by atomic mass is 9.82. The second-order valence-electron chi connectivity index (χ2n) is 18.5. The number of hydrogen-bond acceptors (Lipinski definition) is 9. The molecule has 0 aromatic carbocycles. The minimum atomic E-state index is -0.444. The molecule has 1 amide bonds. The molecule has 0 heterocycles. The van der Waals surface area contributed by atoms with Gasteiger partial charge in [0.2, 0.25) is 0 Å². The first-order valence-corrected chi connectivity index (χ1v) is 25.7. The molecule has 0 rings (SSSR count). The summed E-state index contributed by atoms with van der Waals surface area (Å²) < 4.78 is 22.6. The Morgan fingerprint density at radius 1 is 0.581 bits per heavy atom. The van der Waals surface area contributed by atoms with Gasteiger partial charge >= 0.3 is 24.0 Å². The number of rotatable bonds is 44. The lowest BCUT2D eigenvalue weighted by Crippen LogP contribution is -2.37. The quantitative estimate of drug-likeness (QED) is 0.0266. The number of carbonyl (C=O) groups excluding carboxylic acids is 4. The number of amides is 1. The van der Waals surface area contributed by atoms with Crippen LogP contribution in [0.5, 0.6) is 0 Å². The minimum absolute atomic E-state index is 0.0471. The molecule has 0 aliphatic heterocycles. The highest BCUT2D eigenvalue weighted by molar-refractivity contribution is 5.86. The average molecular weight is 879 g/mol. The highest BCUT2D eigenvalue weighted by atomic mass is 16.6. The Morgan fingerprint density at radius 3 is 1.52 bits per heavy atom. The van der Waals surface area contributed by atoms with E-state index in [0.717, 1.165) is 90.0 Å². The molecule has 0 saturated heterocycles. The van der Waals surface area contributed by atoms with Gasteiger partial charge < -0.3 is 29.6 Å². The van der Waals surface area contributed by atoms with Gasteiger partial charge in [-0.05, 0) is 97.9 Å². The predicted octanol–water partition coefficient (Wildman–Crippen LogP) is 13.8. The standard InChI is InChI=1S/C52H98N2O8/c1-9-12-14-28-35-46(36-29-24-20-16-18-22-26-32-39-48(55)60-45(6)43-53-11-3)52(7,8)62-49(56)40-33-27-23-19-17-21-25-31-38-47(37-30-15-13-10-2)61-51(58)54-41-34-42-59-50(57)44(4)5/h45-47,53H,4,9-43H2,1-3,5-8H3,(H,54,58). The van der Waals surface area contributed by atoms with Crippen LogP contribution in [0.3, 0.4) is 0 Å². The van der Waals surface area contributed by atoms with Crippen LogP contribution in [0, 0.1) is 5.92 Å². The second-order valence-corrected chi connectivity index (χ2v) is 18.5. The molecule has 0 aromatic rings. The van der Waals surface area contributed by atoms with E-state index < -0.39 is 17.7 Å². The normalized spacial score (nSPS) is 13.0. The summed E-state index contributed by atoms with van der Waals surface area (Å²) in [6.07, 6.45) is 32.6. The van der Waals surface area contributed by atoms with Gasteiger partial charge in [0, 0.05) is 31.5 Å². The third-order valence-corrected chi connectivity index (χ3v) is 11.9. The number of hydrogen-bond donors (Lipinski definition) is 2. The summed E-state index contributed by atoms with van der Waals surface area (Å²) in [5, 5.41) is 6.01. The van der Waals surface area contributed by atoms with Crippen LogP contribution in [0.1, 0.15) is 248 Å². The number of nitrogens with one attached hydrogen (secondary N) is 2. The molecule has 0 aliphatic carbocycles. The predicted molar refractivity (Wildman–Crippen MR) is 256 cm³/mol. The van der Waals surface area contributed by atoms with E-state index in [1.165, 1.54) is 96.3 Å². The van der Waals surface area contributed by atoms with Gasteiger partial charge in [0.1, 0.15) is 17.8 Å². The number of alkyl carbamates (subject to hydrolysis) is 1. The molecule has 364 valence electrons. The molecule has 3 atom stereocenters. The molecule has 0 saturated carbocycles. The molecule has 10 heteroatoms. The molecule has 0 spiro atoms. The molecule has 0 aromatic heterocycles. The van der Waals surface area contributed by atoms with Gasteiger partial charge in [-0.3, -0.25) is 9.59 Å². The van der Waals surface area contributed by atoms with Gasteiger partial charge in [-0.2, -0.15) is 0 Å². The number of carbonyl (C=O) groups is 4. The maximum absolute atomic E-state index is 13.0. The van der Waals surface area contributed by atoms with Crippen molar-refractivity contribution in [3.63, 3.8) is 0 Å². The molecule has 2 N–H and O–H groups in total. The summed E-state index contributed by atoms with van der Waals surface area (Å²) >= 11 is 0. The Morgan fingerprint density at radius 2 is 1.03 bits per heavy atom. The third-order valence-electron chi connectivity index (χ3n) is 11.9. The highest BCUT2D eigenvalue weighted by Gasteiger charge is 2.32. The van der Waals surface area contributed by atoms with Crippen LogP contribution in [-0.4, -0.2) is 68.1 Å². The molecule has 10 nitrogen and oxygen atoms in total. The Kier molecular flexibility index (Phi) is 39.4. The Hall–Kier alpha value is -2.62.